The summed E-state index contributed by atoms with van der Waals surface area (Å²) in [5.41, 5.74) is 13.0. The highest BCUT2D eigenvalue weighted by Crippen LogP contribution is 2.41. The Balaban J connectivity index is 1.17. The van der Waals surface area contributed by atoms with Crippen LogP contribution in [0.5, 0.6) is 0 Å². The fourth-order valence-electron chi connectivity index (χ4n) is 7.73. The van der Waals surface area contributed by atoms with Crippen LogP contribution in [-0.2, 0) is 0 Å². The lowest BCUT2D eigenvalue weighted by atomic mass is 9.93. The van der Waals surface area contributed by atoms with E-state index < -0.39 is 0 Å². The summed E-state index contributed by atoms with van der Waals surface area (Å²) in [6, 6.07) is 62.6. The van der Waals surface area contributed by atoms with Crippen LogP contribution in [0.15, 0.2) is 182 Å². The third kappa shape index (κ3) is 5.23. The first-order valence-corrected chi connectivity index (χ1v) is 18.4. The van der Waals surface area contributed by atoms with E-state index >= 15 is 0 Å². The van der Waals surface area contributed by atoms with E-state index in [0.29, 0.717) is 0 Å². The molecule has 11 aromatic rings. The topological polar surface area (TPSA) is 69.4 Å². The van der Waals surface area contributed by atoms with Crippen LogP contribution in [-0.4, -0.2) is 29.9 Å². The lowest BCUT2D eigenvalue weighted by Gasteiger charge is -2.14. The van der Waals surface area contributed by atoms with Crippen LogP contribution in [0.1, 0.15) is 0 Å². The Morgan fingerprint density at radius 2 is 0.909 bits per heavy atom. The van der Waals surface area contributed by atoms with Crippen molar-refractivity contribution in [1.82, 2.24) is 29.9 Å². The standard InChI is InChI=1S/C49H30N6/c1-5-13-31(14-6-1)39-30-40-44(49-48(39)53-55(54-49)37-19-11-4-12-20-37)38-26-23-36(29-43(38)52-45(40)33-17-9-3-10-18-33)42-28-25-35-22-21-34-24-27-41(32-15-7-2-8-16-32)50-46(34)47(35)51-42/h1-30H. The lowest BCUT2D eigenvalue weighted by molar-refractivity contribution is 0.766. The number of para-hydroxylation sites is 1. The van der Waals surface area contributed by atoms with Crippen molar-refractivity contribution < 1.29 is 0 Å². The molecule has 55 heavy (non-hydrogen) atoms. The van der Waals surface area contributed by atoms with Crippen LogP contribution < -0.4 is 0 Å². The van der Waals surface area contributed by atoms with Gasteiger partial charge in [0.25, 0.3) is 0 Å². The molecule has 4 aromatic heterocycles. The second-order valence-electron chi connectivity index (χ2n) is 13.8. The van der Waals surface area contributed by atoms with Gasteiger partial charge in [-0.2, -0.15) is 4.80 Å². The third-order valence-electron chi connectivity index (χ3n) is 10.4. The van der Waals surface area contributed by atoms with E-state index in [2.05, 4.69) is 121 Å². The van der Waals surface area contributed by atoms with Gasteiger partial charge in [-0.05, 0) is 42.0 Å². The van der Waals surface area contributed by atoms with Gasteiger partial charge in [0, 0.05) is 49.2 Å². The summed E-state index contributed by atoms with van der Waals surface area (Å²) in [6.07, 6.45) is 0. The highest BCUT2D eigenvalue weighted by Gasteiger charge is 2.21. The summed E-state index contributed by atoms with van der Waals surface area (Å²) >= 11 is 0. The maximum Gasteiger partial charge on any atom is 0.122 e. The molecular formula is C49H30N6. The van der Waals surface area contributed by atoms with Gasteiger partial charge in [0.1, 0.15) is 11.0 Å². The van der Waals surface area contributed by atoms with Gasteiger partial charge in [-0.1, -0.05) is 146 Å². The molecule has 0 fully saturated rings. The average Bonchev–Trinajstić information content (AvgIpc) is 3.72. The highest BCUT2D eigenvalue weighted by atomic mass is 15.5. The van der Waals surface area contributed by atoms with Crippen LogP contribution in [0.25, 0.3) is 105 Å². The first-order chi connectivity index (χ1) is 27.2. The minimum atomic E-state index is 0.827. The van der Waals surface area contributed by atoms with Crippen LogP contribution >= 0.6 is 0 Å². The predicted octanol–water partition coefficient (Wildman–Crippen LogP) is 11.9. The molecule has 7 aromatic carbocycles. The summed E-state index contributed by atoms with van der Waals surface area (Å²) in [6.45, 7) is 0. The van der Waals surface area contributed by atoms with Crippen LogP contribution in [0.4, 0.5) is 0 Å². The Bertz CT molecular complexity index is 3230. The van der Waals surface area contributed by atoms with E-state index in [1.165, 1.54) is 0 Å². The molecule has 0 unspecified atom stereocenters. The Morgan fingerprint density at radius 1 is 0.364 bits per heavy atom. The molecule has 0 spiro atoms. The van der Waals surface area contributed by atoms with Crippen molar-refractivity contribution in [2.45, 2.75) is 0 Å². The summed E-state index contributed by atoms with van der Waals surface area (Å²) in [5.74, 6) is 0. The molecule has 0 N–H and O–H groups in total. The molecule has 256 valence electrons. The largest absolute Gasteiger partial charge is 0.247 e. The Kier molecular flexibility index (Phi) is 7.07. The van der Waals surface area contributed by atoms with Crippen molar-refractivity contribution >= 4 is 54.5 Å². The second kappa shape index (κ2) is 12.5. The molecular weight excluding hydrogens is 673 g/mol. The van der Waals surface area contributed by atoms with Gasteiger partial charge in [-0.25, -0.2) is 15.0 Å². The molecule has 6 nitrogen and oxygen atoms in total. The molecule has 0 aliphatic rings. The molecule has 4 heterocycles. The molecule has 0 bridgehead atoms. The molecule has 11 rings (SSSR count). The predicted molar refractivity (Wildman–Crippen MR) is 224 cm³/mol. The highest BCUT2D eigenvalue weighted by molar-refractivity contribution is 6.23. The van der Waals surface area contributed by atoms with Gasteiger partial charge in [0.2, 0.25) is 0 Å². The maximum absolute atomic E-state index is 5.43. The Labute approximate surface area is 316 Å². The van der Waals surface area contributed by atoms with E-state index in [-0.39, 0.29) is 0 Å². The average molecular weight is 703 g/mol. The second-order valence-corrected chi connectivity index (χ2v) is 13.8. The van der Waals surface area contributed by atoms with Crippen molar-refractivity contribution in [3.8, 4) is 50.6 Å². The normalized spacial score (nSPS) is 11.6. The van der Waals surface area contributed by atoms with Crippen molar-refractivity contribution in [2.24, 2.45) is 0 Å². The van der Waals surface area contributed by atoms with Crippen LogP contribution in [0.2, 0.25) is 0 Å². The zero-order chi connectivity index (χ0) is 36.3. The Morgan fingerprint density at radius 3 is 1.56 bits per heavy atom. The zero-order valence-electron chi connectivity index (χ0n) is 29.5. The van der Waals surface area contributed by atoms with E-state index in [0.717, 1.165) is 105 Å². The van der Waals surface area contributed by atoms with E-state index in [1.807, 2.05) is 60.7 Å². The fourth-order valence-corrected chi connectivity index (χ4v) is 7.73. The quantitative estimate of drug-likeness (QED) is 0.167. The number of nitrogens with zero attached hydrogens (tertiary/aromatic N) is 6. The van der Waals surface area contributed by atoms with Crippen molar-refractivity contribution in [1.29, 1.82) is 0 Å². The number of fused-ring (bicyclic) bond motifs is 8. The SMILES string of the molecule is c1ccc(-c2ccc3ccc4ccc(-c5ccc6c(c5)nc(-c5ccccc5)c5cc(-c7ccccc7)c7nn(-c8ccccc8)nc7c56)nc4c3n2)cc1. The molecule has 0 aliphatic carbocycles. The number of benzene rings is 7. The summed E-state index contributed by atoms with van der Waals surface area (Å²) in [7, 11) is 0. The molecule has 0 aliphatic heterocycles. The number of hydrogen-bond acceptors (Lipinski definition) is 5. The van der Waals surface area contributed by atoms with Gasteiger partial charge in [-0.3, -0.25) is 0 Å². The van der Waals surface area contributed by atoms with Gasteiger partial charge in [0.05, 0.1) is 39.3 Å². The molecule has 6 heteroatoms. The first kappa shape index (κ1) is 31.0. The summed E-state index contributed by atoms with van der Waals surface area (Å²) in [4.78, 5) is 17.6. The van der Waals surface area contributed by atoms with Gasteiger partial charge >= 0.3 is 0 Å². The monoisotopic (exact) mass is 702 g/mol. The maximum atomic E-state index is 5.43. The molecule has 0 amide bonds. The molecule has 0 saturated heterocycles. The minimum Gasteiger partial charge on any atom is -0.247 e. The van der Waals surface area contributed by atoms with Crippen LogP contribution in [0.3, 0.4) is 0 Å². The van der Waals surface area contributed by atoms with Crippen molar-refractivity contribution in [3.63, 3.8) is 0 Å². The number of aromatic nitrogens is 6. The number of pyridine rings is 3. The lowest BCUT2D eigenvalue weighted by Crippen LogP contribution is -1.97. The smallest absolute Gasteiger partial charge is 0.122 e. The van der Waals surface area contributed by atoms with Gasteiger partial charge < -0.3 is 0 Å². The van der Waals surface area contributed by atoms with Crippen molar-refractivity contribution in [3.05, 3.63) is 182 Å². The number of rotatable bonds is 5. The molecule has 0 saturated carbocycles. The van der Waals surface area contributed by atoms with E-state index in [4.69, 9.17) is 25.1 Å². The zero-order valence-corrected chi connectivity index (χ0v) is 29.5. The summed E-state index contributed by atoms with van der Waals surface area (Å²) < 4.78 is 0. The van der Waals surface area contributed by atoms with Gasteiger partial charge in [0.15, 0.2) is 0 Å². The van der Waals surface area contributed by atoms with E-state index in [9.17, 15) is 0 Å². The molecule has 0 radical (unpaired) electrons. The molecule has 0 atom stereocenters. The summed E-state index contributed by atoms with van der Waals surface area (Å²) in [5, 5.41) is 15.5. The Hall–Kier alpha value is -7.57. The van der Waals surface area contributed by atoms with Crippen LogP contribution in [0, 0.1) is 0 Å². The third-order valence-corrected chi connectivity index (χ3v) is 10.4. The van der Waals surface area contributed by atoms with Gasteiger partial charge in [-0.15, -0.1) is 10.2 Å². The first-order valence-electron chi connectivity index (χ1n) is 18.4. The van der Waals surface area contributed by atoms with E-state index in [1.54, 1.807) is 4.80 Å². The fraction of sp³-hybridized carbons (Fsp3) is 0. The minimum absolute atomic E-state index is 0.827. The number of hydrogen-bond donors (Lipinski definition) is 0. The van der Waals surface area contributed by atoms with Crippen molar-refractivity contribution in [2.75, 3.05) is 0 Å².